The van der Waals surface area contributed by atoms with Crippen LogP contribution in [0.2, 0.25) is 0 Å². The fourth-order valence-electron chi connectivity index (χ4n) is 1.76. The summed E-state index contributed by atoms with van der Waals surface area (Å²) in [6.45, 7) is 4.02. The van der Waals surface area contributed by atoms with Gasteiger partial charge in [-0.25, -0.2) is 5.43 Å². The maximum atomic E-state index is 12.0. The van der Waals surface area contributed by atoms with Crippen molar-refractivity contribution < 1.29 is 9.53 Å². The molecule has 0 bridgehead atoms. The highest BCUT2D eigenvalue weighted by atomic mass is 127. The number of nitrogens with one attached hydrogen (secondary N) is 1. The summed E-state index contributed by atoms with van der Waals surface area (Å²) in [5.74, 6) is 0.406. The molecule has 6 heteroatoms. The number of hydrogen-bond donors (Lipinski definition) is 1. The highest BCUT2D eigenvalue weighted by molar-refractivity contribution is 14.1. The number of carbonyl (C=O) groups excluding carboxylic acids is 1. The summed E-state index contributed by atoms with van der Waals surface area (Å²) in [6.07, 6.45) is 3.22. The molecule has 0 heterocycles. The molecular formula is C17H14BrIN2O2. The monoisotopic (exact) mass is 484 g/mol. The van der Waals surface area contributed by atoms with E-state index in [9.17, 15) is 4.79 Å². The zero-order chi connectivity index (χ0) is 16.7. The summed E-state index contributed by atoms with van der Waals surface area (Å²) in [5.41, 5.74) is 3.83. The second-order valence-electron chi connectivity index (χ2n) is 4.49. The van der Waals surface area contributed by atoms with Crippen LogP contribution in [0.1, 0.15) is 15.9 Å². The molecule has 23 heavy (non-hydrogen) atoms. The van der Waals surface area contributed by atoms with Crippen LogP contribution in [0.25, 0.3) is 0 Å². The van der Waals surface area contributed by atoms with E-state index in [0.717, 1.165) is 13.6 Å². The lowest BCUT2D eigenvalue weighted by Crippen LogP contribution is -2.17. The van der Waals surface area contributed by atoms with E-state index < -0.39 is 0 Å². The molecule has 0 unspecified atom stereocenters. The van der Waals surface area contributed by atoms with Crippen LogP contribution in [-0.4, -0.2) is 18.7 Å². The first kappa shape index (κ1) is 17.7. The Morgan fingerprint density at radius 3 is 2.91 bits per heavy atom. The van der Waals surface area contributed by atoms with E-state index in [1.165, 1.54) is 0 Å². The highest BCUT2D eigenvalue weighted by Gasteiger charge is 2.05. The number of halogens is 2. The van der Waals surface area contributed by atoms with Crippen molar-refractivity contribution in [1.29, 1.82) is 0 Å². The van der Waals surface area contributed by atoms with E-state index in [2.05, 4.69) is 55.6 Å². The smallest absolute Gasteiger partial charge is 0.271 e. The van der Waals surface area contributed by atoms with Gasteiger partial charge in [0.1, 0.15) is 12.4 Å². The largest absolute Gasteiger partial charge is 0.489 e. The molecular weight excluding hydrogens is 471 g/mol. The number of hydrogen-bond acceptors (Lipinski definition) is 3. The van der Waals surface area contributed by atoms with Crippen molar-refractivity contribution in [1.82, 2.24) is 5.43 Å². The molecule has 0 fully saturated rings. The molecule has 2 aromatic carbocycles. The van der Waals surface area contributed by atoms with Gasteiger partial charge in [-0.2, -0.15) is 5.10 Å². The Morgan fingerprint density at radius 1 is 1.35 bits per heavy atom. The van der Waals surface area contributed by atoms with Gasteiger partial charge >= 0.3 is 0 Å². The Morgan fingerprint density at radius 2 is 2.17 bits per heavy atom. The van der Waals surface area contributed by atoms with Crippen LogP contribution < -0.4 is 10.2 Å². The Labute approximate surface area is 156 Å². The molecule has 0 spiro atoms. The molecule has 1 amide bonds. The maximum absolute atomic E-state index is 12.0. The molecule has 0 radical (unpaired) electrons. The molecule has 4 nitrogen and oxygen atoms in total. The zero-order valence-corrected chi connectivity index (χ0v) is 15.9. The molecule has 118 valence electrons. The first-order chi connectivity index (χ1) is 11.1. The van der Waals surface area contributed by atoms with Gasteiger partial charge < -0.3 is 4.74 Å². The van der Waals surface area contributed by atoms with Crippen LogP contribution in [0.5, 0.6) is 5.75 Å². The summed E-state index contributed by atoms with van der Waals surface area (Å²) in [6, 6.07) is 12.9. The van der Waals surface area contributed by atoms with Crippen molar-refractivity contribution in [3.8, 4) is 5.75 Å². The van der Waals surface area contributed by atoms with Crippen molar-refractivity contribution in [2.75, 3.05) is 6.61 Å². The third kappa shape index (κ3) is 5.47. The van der Waals surface area contributed by atoms with Crippen LogP contribution in [-0.2, 0) is 0 Å². The molecule has 0 aromatic heterocycles. The van der Waals surface area contributed by atoms with Crippen molar-refractivity contribution >= 4 is 50.6 Å². The predicted molar refractivity (Wildman–Crippen MR) is 104 cm³/mol. The van der Waals surface area contributed by atoms with E-state index >= 15 is 0 Å². The lowest BCUT2D eigenvalue weighted by molar-refractivity contribution is 0.0955. The minimum Gasteiger partial charge on any atom is -0.489 e. The van der Waals surface area contributed by atoms with E-state index in [1.807, 2.05) is 30.3 Å². The summed E-state index contributed by atoms with van der Waals surface area (Å²) in [7, 11) is 0. The fraction of sp³-hybridized carbons (Fsp3) is 0.0588. The quantitative estimate of drug-likeness (QED) is 0.286. The summed E-state index contributed by atoms with van der Waals surface area (Å²) < 4.78 is 7.44. The molecule has 0 atom stereocenters. The van der Waals surface area contributed by atoms with E-state index in [4.69, 9.17) is 4.74 Å². The standard InChI is InChI=1S/C17H14BrIN2O2/c1-2-8-23-16-7-6-14(18)9-13(16)11-20-21-17(22)12-4-3-5-15(19)10-12/h2-7,9-11H,1,8H2,(H,21,22)/b20-11-. The first-order valence-corrected chi connectivity index (χ1v) is 8.59. The number of ether oxygens (including phenoxy) is 1. The van der Waals surface area contributed by atoms with Gasteiger partial charge in [-0.15, -0.1) is 0 Å². The summed E-state index contributed by atoms with van der Waals surface area (Å²) >= 11 is 5.56. The Balaban J connectivity index is 2.09. The second kappa shape index (κ2) is 8.83. The van der Waals surface area contributed by atoms with Crippen LogP contribution in [0.4, 0.5) is 0 Å². The average molecular weight is 485 g/mol. The molecule has 0 saturated carbocycles. The van der Waals surface area contributed by atoms with E-state index in [0.29, 0.717) is 17.9 Å². The van der Waals surface area contributed by atoms with Gasteiger partial charge in [0.15, 0.2) is 0 Å². The third-order valence-electron chi connectivity index (χ3n) is 2.79. The number of carbonyl (C=O) groups is 1. The predicted octanol–water partition coefficient (Wildman–Crippen LogP) is 4.38. The topological polar surface area (TPSA) is 50.7 Å². The van der Waals surface area contributed by atoms with Gasteiger partial charge in [-0.3, -0.25) is 4.79 Å². The van der Waals surface area contributed by atoms with Gasteiger partial charge in [0.05, 0.1) is 6.21 Å². The summed E-state index contributed by atoms with van der Waals surface area (Å²) in [4.78, 5) is 12.0. The van der Waals surface area contributed by atoms with Gasteiger partial charge in [0, 0.05) is 19.2 Å². The molecule has 0 saturated heterocycles. The van der Waals surface area contributed by atoms with Crippen LogP contribution in [0, 0.1) is 3.57 Å². The number of rotatable bonds is 6. The number of benzene rings is 2. The first-order valence-electron chi connectivity index (χ1n) is 6.72. The van der Waals surface area contributed by atoms with Crippen LogP contribution >= 0.6 is 38.5 Å². The molecule has 1 N–H and O–H groups in total. The van der Waals surface area contributed by atoms with Gasteiger partial charge in [0.2, 0.25) is 0 Å². The number of amides is 1. The highest BCUT2D eigenvalue weighted by Crippen LogP contribution is 2.21. The lowest BCUT2D eigenvalue weighted by Gasteiger charge is -2.07. The lowest BCUT2D eigenvalue weighted by atomic mass is 10.2. The Bertz CT molecular complexity index is 747. The van der Waals surface area contributed by atoms with Gasteiger partial charge in [-0.1, -0.05) is 34.7 Å². The van der Waals surface area contributed by atoms with E-state index in [-0.39, 0.29) is 5.91 Å². The normalized spacial score (nSPS) is 10.5. The van der Waals surface area contributed by atoms with Gasteiger partial charge in [-0.05, 0) is 59.0 Å². The third-order valence-corrected chi connectivity index (χ3v) is 3.95. The summed E-state index contributed by atoms with van der Waals surface area (Å²) in [5, 5.41) is 4.00. The Kier molecular flexibility index (Phi) is 6.79. The second-order valence-corrected chi connectivity index (χ2v) is 6.65. The van der Waals surface area contributed by atoms with Crippen molar-refractivity contribution in [2.24, 2.45) is 5.10 Å². The molecule has 0 aliphatic rings. The SMILES string of the molecule is C=CCOc1ccc(Br)cc1/C=N\NC(=O)c1cccc(I)c1. The minimum absolute atomic E-state index is 0.261. The molecule has 2 rings (SSSR count). The van der Waals surface area contributed by atoms with Crippen LogP contribution in [0.15, 0.2) is 64.7 Å². The molecule has 0 aliphatic heterocycles. The van der Waals surface area contributed by atoms with Crippen molar-refractivity contribution in [3.63, 3.8) is 0 Å². The molecule has 0 aliphatic carbocycles. The number of nitrogens with zero attached hydrogens (tertiary/aromatic N) is 1. The average Bonchev–Trinajstić information content (AvgIpc) is 2.54. The zero-order valence-electron chi connectivity index (χ0n) is 12.1. The minimum atomic E-state index is -0.261. The van der Waals surface area contributed by atoms with Gasteiger partial charge in [0.25, 0.3) is 5.91 Å². The Hall–Kier alpha value is -1.67. The molecule has 2 aromatic rings. The van der Waals surface area contributed by atoms with Crippen LogP contribution in [0.3, 0.4) is 0 Å². The van der Waals surface area contributed by atoms with Crippen molar-refractivity contribution in [2.45, 2.75) is 0 Å². The maximum Gasteiger partial charge on any atom is 0.271 e. The fourth-order valence-corrected chi connectivity index (χ4v) is 2.68. The van der Waals surface area contributed by atoms with E-state index in [1.54, 1.807) is 24.4 Å². The van der Waals surface area contributed by atoms with Crippen molar-refractivity contribution in [3.05, 3.63) is 74.3 Å². The number of hydrazone groups is 1.